The van der Waals surface area contributed by atoms with Crippen molar-refractivity contribution >= 4 is 27.0 Å². The first kappa shape index (κ1) is 20.5. The molecule has 4 rings (SSSR count). The Labute approximate surface area is 175 Å². The number of aromatic nitrogens is 2. The molecule has 1 aliphatic rings. The zero-order valence-electron chi connectivity index (χ0n) is 17.0. The number of fused-ring (bicyclic) bond motifs is 1. The summed E-state index contributed by atoms with van der Waals surface area (Å²) >= 11 is 0. The number of hydrogen-bond donors (Lipinski definition) is 1. The van der Waals surface area contributed by atoms with Gasteiger partial charge in [-0.2, -0.15) is 4.31 Å². The second kappa shape index (κ2) is 8.16. The molecule has 0 bridgehead atoms. The molecule has 0 atom stereocenters. The van der Waals surface area contributed by atoms with Crippen LogP contribution in [-0.2, 0) is 16.6 Å². The minimum Gasteiger partial charge on any atom is -0.348 e. The van der Waals surface area contributed by atoms with Crippen LogP contribution in [0.1, 0.15) is 46.6 Å². The summed E-state index contributed by atoms with van der Waals surface area (Å²) in [5.41, 5.74) is 2.88. The molecular formula is C21H24N4O4S. The maximum Gasteiger partial charge on any atom is 0.258 e. The van der Waals surface area contributed by atoms with Crippen molar-refractivity contribution < 1.29 is 17.7 Å². The van der Waals surface area contributed by atoms with Gasteiger partial charge in [0.05, 0.1) is 21.5 Å². The summed E-state index contributed by atoms with van der Waals surface area (Å²) in [6.45, 7) is 4.97. The maximum atomic E-state index is 12.8. The first-order valence-electron chi connectivity index (χ1n) is 9.97. The third kappa shape index (κ3) is 3.95. The van der Waals surface area contributed by atoms with Gasteiger partial charge in [-0.15, -0.1) is 0 Å². The Morgan fingerprint density at radius 3 is 2.53 bits per heavy atom. The highest BCUT2D eigenvalue weighted by molar-refractivity contribution is 7.89. The number of pyridine rings is 1. The number of carbonyl (C=O) groups is 1. The van der Waals surface area contributed by atoms with E-state index in [0.717, 1.165) is 24.8 Å². The van der Waals surface area contributed by atoms with Crippen molar-refractivity contribution in [3.8, 4) is 0 Å². The monoisotopic (exact) mass is 428 g/mol. The van der Waals surface area contributed by atoms with Crippen LogP contribution in [0.3, 0.4) is 0 Å². The van der Waals surface area contributed by atoms with Crippen molar-refractivity contribution in [2.75, 3.05) is 13.1 Å². The predicted octanol–water partition coefficient (Wildman–Crippen LogP) is 2.94. The van der Waals surface area contributed by atoms with Gasteiger partial charge in [0.1, 0.15) is 0 Å². The van der Waals surface area contributed by atoms with Gasteiger partial charge >= 0.3 is 0 Å². The molecule has 3 heterocycles. The average Bonchev–Trinajstić information content (AvgIpc) is 3.12. The Bertz CT molecular complexity index is 1180. The van der Waals surface area contributed by atoms with Gasteiger partial charge in [0.25, 0.3) is 11.6 Å². The third-order valence-electron chi connectivity index (χ3n) is 5.32. The molecule has 9 heteroatoms. The maximum absolute atomic E-state index is 12.8. The van der Waals surface area contributed by atoms with Crippen LogP contribution in [0.5, 0.6) is 0 Å². The van der Waals surface area contributed by atoms with E-state index in [1.807, 2.05) is 0 Å². The summed E-state index contributed by atoms with van der Waals surface area (Å²) in [6, 6.07) is 8.37. The Kier molecular flexibility index (Phi) is 5.57. The molecule has 1 fully saturated rings. The van der Waals surface area contributed by atoms with Crippen LogP contribution in [-0.4, -0.2) is 41.9 Å². The van der Waals surface area contributed by atoms with E-state index in [4.69, 9.17) is 4.52 Å². The van der Waals surface area contributed by atoms with Gasteiger partial charge in [0.15, 0.2) is 0 Å². The second-order valence-electron chi connectivity index (χ2n) is 7.55. The SMILES string of the molecule is Cc1cc(C(=O)NCc2ccc(S(=O)(=O)N3CCCCC3)cc2)c2c(C)noc2n1. The highest BCUT2D eigenvalue weighted by Crippen LogP contribution is 2.23. The summed E-state index contributed by atoms with van der Waals surface area (Å²) in [6.07, 6.45) is 2.87. The molecule has 1 N–H and O–H groups in total. The Morgan fingerprint density at radius 2 is 1.83 bits per heavy atom. The summed E-state index contributed by atoms with van der Waals surface area (Å²) in [7, 11) is -3.46. The Balaban J connectivity index is 1.47. The molecule has 0 unspecified atom stereocenters. The van der Waals surface area contributed by atoms with E-state index in [-0.39, 0.29) is 17.3 Å². The number of sulfonamides is 1. The van der Waals surface area contributed by atoms with Gasteiger partial charge < -0.3 is 9.84 Å². The zero-order valence-corrected chi connectivity index (χ0v) is 17.8. The smallest absolute Gasteiger partial charge is 0.258 e. The van der Waals surface area contributed by atoms with E-state index in [0.29, 0.717) is 41.1 Å². The molecule has 8 nitrogen and oxygen atoms in total. The lowest BCUT2D eigenvalue weighted by atomic mass is 10.1. The van der Waals surface area contributed by atoms with Crippen LogP contribution in [0.2, 0.25) is 0 Å². The number of benzene rings is 1. The van der Waals surface area contributed by atoms with Crippen LogP contribution < -0.4 is 5.32 Å². The lowest BCUT2D eigenvalue weighted by Gasteiger charge is -2.25. The number of aryl methyl sites for hydroxylation is 2. The summed E-state index contributed by atoms with van der Waals surface area (Å²) in [4.78, 5) is 17.3. The third-order valence-corrected chi connectivity index (χ3v) is 7.23. The molecule has 1 amide bonds. The van der Waals surface area contributed by atoms with Gasteiger partial charge in [0, 0.05) is 25.3 Å². The number of amides is 1. The summed E-state index contributed by atoms with van der Waals surface area (Å²) < 4.78 is 32.2. The minimum absolute atomic E-state index is 0.262. The molecule has 0 aliphatic carbocycles. The topological polar surface area (TPSA) is 105 Å². The van der Waals surface area contributed by atoms with Crippen LogP contribution in [0.25, 0.3) is 11.1 Å². The fourth-order valence-electron chi connectivity index (χ4n) is 3.71. The molecule has 158 valence electrons. The van der Waals surface area contributed by atoms with Crippen LogP contribution >= 0.6 is 0 Å². The van der Waals surface area contributed by atoms with Crippen molar-refractivity contribution in [1.29, 1.82) is 0 Å². The van der Waals surface area contributed by atoms with Crippen molar-refractivity contribution in [2.45, 2.75) is 44.6 Å². The molecule has 0 saturated carbocycles. The number of carbonyl (C=O) groups excluding carboxylic acids is 1. The number of hydrogen-bond acceptors (Lipinski definition) is 6. The van der Waals surface area contributed by atoms with Crippen molar-refractivity contribution in [1.82, 2.24) is 19.8 Å². The van der Waals surface area contributed by atoms with Crippen LogP contribution in [0, 0.1) is 13.8 Å². The summed E-state index contributed by atoms with van der Waals surface area (Å²) in [5, 5.41) is 7.37. The number of rotatable bonds is 5. The quantitative estimate of drug-likeness (QED) is 0.670. The predicted molar refractivity (Wildman–Crippen MR) is 112 cm³/mol. The number of piperidine rings is 1. The standard InChI is InChI=1S/C21H24N4O4S/c1-14-12-18(19-15(2)24-29-21(19)23-14)20(26)22-13-16-6-8-17(9-7-16)30(27,28)25-10-4-3-5-11-25/h6-9,12H,3-5,10-11,13H2,1-2H3,(H,22,26). The molecule has 30 heavy (non-hydrogen) atoms. The molecule has 2 aromatic heterocycles. The van der Waals surface area contributed by atoms with Gasteiger partial charge in [-0.25, -0.2) is 13.4 Å². The van der Waals surface area contributed by atoms with E-state index >= 15 is 0 Å². The molecule has 1 saturated heterocycles. The van der Waals surface area contributed by atoms with Gasteiger partial charge in [-0.3, -0.25) is 4.79 Å². The molecule has 1 aromatic carbocycles. The number of nitrogens with zero attached hydrogens (tertiary/aromatic N) is 3. The van der Waals surface area contributed by atoms with Gasteiger partial charge in [-0.1, -0.05) is 23.7 Å². The largest absolute Gasteiger partial charge is 0.348 e. The molecular weight excluding hydrogens is 404 g/mol. The van der Waals surface area contributed by atoms with Crippen molar-refractivity contribution in [2.24, 2.45) is 0 Å². The second-order valence-corrected chi connectivity index (χ2v) is 9.49. The first-order chi connectivity index (χ1) is 14.4. The molecule has 3 aromatic rings. The molecule has 0 radical (unpaired) electrons. The highest BCUT2D eigenvalue weighted by Gasteiger charge is 2.25. The normalized spacial score (nSPS) is 15.4. The van der Waals surface area contributed by atoms with E-state index in [1.54, 1.807) is 48.5 Å². The fraction of sp³-hybridized carbons (Fsp3) is 0.381. The minimum atomic E-state index is -3.46. The van der Waals surface area contributed by atoms with E-state index < -0.39 is 10.0 Å². The van der Waals surface area contributed by atoms with Crippen molar-refractivity contribution in [3.63, 3.8) is 0 Å². The Morgan fingerprint density at radius 1 is 1.13 bits per heavy atom. The van der Waals surface area contributed by atoms with Crippen LogP contribution in [0.4, 0.5) is 0 Å². The first-order valence-corrected chi connectivity index (χ1v) is 11.4. The van der Waals surface area contributed by atoms with E-state index in [1.165, 1.54) is 0 Å². The van der Waals surface area contributed by atoms with E-state index in [2.05, 4.69) is 15.5 Å². The van der Waals surface area contributed by atoms with Crippen LogP contribution in [0.15, 0.2) is 39.8 Å². The molecule has 1 aliphatic heterocycles. The summed E-state index contributed by atoms with van der Waals surface area (Å²) in [5.74, 6) is -0.262. The van der Waals surface area contributed by atoms with E-state index in [9.17, 15) is 13.2 Å². The number of nitrogens with one attached hydrogen (secondary N) is 1. The fourth-order valence-corrected chi connectivity index (χ4v) is 5.22. The lowest BCUT2D eigenvalue weighted by molar-refractivity contribution is 0.0952. The van der Waals surface area contributed by atoms with Gasteiger partial charge in [-0.05, 0) is 50.5 Å². The average molecular weight is 429 g/mol. The Hall–Kier alpha value is -2.78. The van der Waals surface area contributed by atoms with Gasteiger partial charge in [0.2, 0.25) is 10.0 Å². The molecule has 0 spiro atoms. The van der Waals surface area contributed by atoms with Crippen molar-refractivity contribution in [3.05, 3.63) is 52.8 Å². The lowest BCUT2D eigenvalue weighted by Crippen LogP contribution is -2.35. The highest BCUT2D eigenvalue weighted by atomic mass is 32.2. The zero-order chi connectivity index (χ0) is 21.3.